The minimum absolute atomic E-state index is 0.0412. The molecular weight excluding hydrogens is 367 g/mol. The van der Waals surface area contributed by atoms with E-state index in [4.69, 9.17) is 16.3 Å². The number of hydrogen-bond donors (Lipinski definition) is 2. The molecule has 0 radical (unpaired) electrons. The monoisotopic (exact) mass is 380 g/mol. The first-order valence-corrected chi connectivity index (χ1v) is 7.18. The van der Waals surface area contributed by atoms with Crippen LogP contribution in [0.4, 0.5) is 0 Å². The second kappa shape index (κ2) is 6.70. The maximum Gasteiger partial charge on any atom is 0.252 e. The lowest BCUT2D eigenvalue weighted by Crippen LogP contribution is -2.45. The third-order valence-electron chi connectivity index (χ3n) is 2.67. The molecule has 0 bridgehead atoms. The molecule has 1 amide bonds. The van der Waals surface area contributed by atoms with Crippen molar-refractivity contribution in [3.8, 4) is 0 Å². The summed E-state index contributed by atoms with van der Waals surface area (Å²) in [6.45, 7) is 2.84. The largest absolute Gasteiger partial charge is 0.374 e. The lowest BCUT2D eigenvalue weighted by Gasteiger charge is -2.23. The number of rotatable bonds is 3. The van der Waals surface area contributed by atoms with Crippen molar-refractivity contribution in [3.63, 3.8) is 0 Å². The smallest absolute Gasteiger partial charge is 0.252 e. The van der Waals surface area contributed by atoms with Crippen molar-refractivity contribution < 1.29 is 9.53 Å². The Hall–Kier alpha value is -0.370. The topological polar surface area (TPSA) is 50.4 Å². The number of hydrogen-bond acceptors (Lipinski definition) is 3. The summed E-state index contributed by atoms with van der Waals surface area (Å²) in [5, 5.41) is 6.66. The predicted molar refractivity (Wildman–Crippen MR) is 79.1 cm³/mol. The van der Waals surface area contributed by atoms with Crippen molar-refractivity contribution in [2.45, 2.75) is 6.10 Å². The van der Waals surface area contributed by atoms with Gasteiger partial charge in [-0.3, -0.25) is 4.79 Å². The number of carbonyl (C=O) groups is 1. The molecule has 0 aliphatic carbocycles. The van der Waals surface area contributed by atoms with Crippen LogP contribution in [0.2, 0.25) is 5.02 Å². The Morgan fingerprint density at radius 2 is 2.44 bits per heavy atom. The van der Waals surface area contributed by atoms with Crippen molar-refractivity contribution in [2.75, 3.05) is 26.2 Å². The summed E-state index contributed by atoms with van der Waals surface area (Å²) in [4.78, 5) is 12.0. The number of amides is 1. The van der Waals surface area contributed by atoms with Crippen LogP contribution in [0.3, 0.4) is 0 Å². The van der Waals surface area contributed by atoms with Gasteiger partial charge < -0.3 is 15.4 Å². The number of halogens is 2. The van der Waals surface area contributed by atoms with Crippen LogP contribution in [0, 0.1) is 3.57 Å². The van der Waals surface area contributed by atoms with E-state index in [0.717, 1.165) is 16.7 Å². The van der Waals surface area contributed by atoms with Crippen molar-refractivity contribution in [1.82, 2.24) is 10.6 Å². The lowest BCUT2D eigenvalue weighted by molar-refractivity contribution is 0.0287. The summed E-state index contributed by atoms with van der Waals surface area (Å²) in [5.74, 6) is -0.115. The molecular formula is C12H14ClIN2O2. The maximum absolute atomic E-state index is 12.0. The standard InChI is InChI=1S/C12H14ClIN2O2/c13-8-1-2-11(14)10(5-8)12(17)16-7-9-6-15-3-4-18-9/h1-2,5,9,15H,3-4,6-7H2,(H,16,17). The van der Waals surface area contributed by atoms with Crippen LogP contribution in [-0.4, -0.2) is 38.3 Å². The fourth-order valence-electron chi connectivity index (χ4n) is 1.72. The molecule has 1 atom stereocenters. The quantitative estimate of drug-likeness (QED) is 0.784. The average Bonchev–Trinajstić information content (AvgIpc) is 2.40. The molecule has 0 aromatic heterocycles. The molecule has 6 heteroatoms. The Morgan fingerprint density at radius 1 is 1.61 bits per heavy atom. The average molecular weight is 381 g/mol. The van der Waals surface area contributed by atoms with Crippen molar-refractivity contribution in [2.24, 2.45) is 0 Å². The third kappa shape index (κ3) is 3.81. The molecule has 1 saturated heterocycles. The van der Waals surface area contributed by atoms with Crippen molar-refractivity contribution in [1.29, 1.82) is 0 Å². The zero-order chi connectivity index (χ0) is 13.0. The number of carbonyl (C=O) groups excluding carboxylic acids is 1. The van der Waals surface area contributed by atoms with E-state index >= 15 is 0 Å². The molecule has 1 unspecified atom stereocenters. The first kappa shape index (κ1) is 14.0. The van der Waals surface area contributed by atoms with Gasteiger partial charge in [0.25, 0.3) is 5.91 Å². The van der Waals surface area contributed by atoms with Crippen LogP contribution >= 0.6 is 34.2 Å². The van der Waals surface area contributed by atoms with Gasteiger partial charge in [-0.15, -0.1) is 0 Å². The molecule has 1 aromatic rings. The number of nitrogens with one attached hydrogen (secondary N) is 2. The minimum atomic E-state index is -0.115. The van der Waals surface area contributed by atoms with Gasteiger partial charge in [-0.05, 0) is 40.8 Å². The molecule has 1 aliphatic heterocycles. The van der Waals surface area contributed by atoms with Crippen LogP contribution < -0.4 is 10.6 Å². The van der Waals surface area contributed by atoms with Gasteiger partial charge >= 0.3 is 0 Å². The molecule has 2 N–H and O–H groups in total. The Kier molecular flexibility index (Phi) is 5.23. The first-order valence-electron chi connectivity index (χ1n) is 5.72. The number of ether oxygens (including phenoxy) is 1. The Morgan fingerprint density at radius 3 is 3.17 bits per heavy atom. The first-order chi connectivity index (χ1) is 8.66. The zero-order valence-electron chi connectivity index (χ0n) is 9.71. The van der Waals surface area contributed by atoms with Crippen LogP contribution in [0.15, 0.2) is 18.2 Å². The highest BCUT2D eigenvalue weighted by molar-refractivity contribution is 14.1. The van der Waals surface area contributed by atoms with E-state index in [1.165, 1.54) is 0 Å². The van der Waals surface area contributed by atoms with Crippen LogP contribution in [0.25, 0.3) is 0 Å². The predicted octanol–water partition coefficient (Wildman–Crippen LogP) is 1.66. The molecule has 1 heterocycles. The second-order valence-electron chi connectivity index (χ2n) is 4.03. The highest BCUT2D eigenvalue weighted by atomic mass is 127. The molecule has 0 saturated carbocycles. The van der Waals surface area contributed by atoms with Gasteiger partial charge in [0.2, 0.25) is 0 Å². The maximum atomic E-state index is 12.0. The Bertz CT molecular complexity index is 436. The highest BCUT2D eigenvalue weighted by Gasteiger charge is 2.16. The zero-order valence-corrected chi connectivity index (χ0v) is 12.6. The molecule has 2 rings (SSSR count). The molecule has 4 nitrogen and oxygen atoms in total. The van der Waals surface area contributed by atoms with Gasteiger partial charge in [0.15, 0.2) is 0 Å². The van der Waals surface area contributed by atoms with Gasteiger partial charge in [-0.25, -0.2) is 0 Å². The molecule has 18 heavy (non-hydrogen) atoms. The minimum Gasteiger partial charge on any atom is -0.374 e. The fraction of sp³-hybridized carbons (Fsp3) is 0.417. The molecule has 1 aromatic carbocycles. The summed E-state index contributed by atoms with van der Waals surface area (Å²) in [5.41, 5.74) is 0.604. The van der Waals surface area contributed by atoms with Gasteiger partial charge in [0.1, 0.15) is 0 Å². The van der Waals surface area contributed by atoms with Gasteiger partial charge in [-0.1, -0.05) is 11.6 Å². The summed E-state index contributed by atoms with van der Waals surface area (Å²) in [6, 6.07) is 5.28. The van der Waals surface area contributed by atoms with E-state index in [-0.39, 0.29) is 12.0 Å². The normalized spacial score (nSPS) is 19.6. The van der Waals surface area contributed by atoms with E-state index in [0.29, 0.717) is 23.7 Å². The molecule has 1 aliphatic rings. The highest BCUT2D eigenvalue weighted by Crippen LogP contribution is 2.17. The number of benzene rings is 1. The van der Waals surface area contributed by atoms with E-state index < -0.39 is 0 Å². The van der Waals surface area contributed by atoms with E-state index in [1.807, 2.05) is 6.07 Å². The van der Waals surface area contributed by atoms with E-state index in [1.54, 1.807) is 12.1 Å². The SMILES string of the molecule is O=C(NCC1CNCCO1)c1cc(Cl)ccc1I. The number of morpholine rings is 1. The Balaban J connectivity index is 1.92. The molecule has 1 fully saturated rings. The summed E-state index contributed by atoms with van der Waals surface area (Å²) in [6.07, 6.45) is 0.0412. The second-order valence-corrected chi connectivity index (χ2v) is 5.63. The van der Waals surface area contributed by atoms with Gasteiger partial charge in [0.05, 0.1) is 18.3 Å². The Labute approximate surface area is 125 Å². The van der Waals surface area contributed by atoms with Crippen molar-refractivity contribution >= 4 is 40.1 Å². The van der Waals surface area contributed by atoms with Crippen LogP contribution in [0.1, 0.15) is 10.4 Å². The van der Waals surface area contributed by atoms with Gasteiger partial charge in [0, 0.05) is 28.2 Å². The third-order valence-corrected chi connectivity index (χ3v) is 3.84. The fourth-order valence-corrected chi connectivity index (χ4v) is 2.48. The lowest BCUT2D eigenvalue weighted by atomic mass is 10.2. The van der Waals surface area contributed by atoms with Gasteiger partial charge in [-0.2, -0.15) is 0 Å². The summed E-state index contributed by atoms with van der Waals surface area (Å²) < 4.78 is 6.40. The summed E-state index contributed by atoms with van der Waals surface area (Å²) in [7, 11) is 0. The van der Waals surface area contributed by atoms with E-state index in [9.17, 15) is 4.79 Å². The van der Waals surface area contributed by atoms with Crippen molar-refractivity contribution in [3.05, 3.63) is 32.4 Å². The van der Waals surface area contributed by atoms with Crippen LogP contribution in [0.5, 0.6) is 0 Å². The summed E-state index contributed by atoms with van der Waals surface area (Å²) >= 11 is 8.02. The molecule has 0 spiro atoms. The molecule has 98 valence electrons. The van der Waals surface area contributed by atoms with Crippen LogP contribution in [-0.2, 0) is 4.74 Å². The van der Waals surface area contributed by atoms with E-state index in [2.05, 4.69) is 33.2 Å².